The van der Waals surface area contributed by atoms with E-state index in [1.165, 1.54) is 19.3 Å². The molecule has 1 saturated carbocycles. The highest BCUT2D eigenvalue weighted by molar-refractivity contribution is 5.53. The number of hydrogen-bond acceptors (Lipinski definition) is 4. The quantitative estimate of drug-likeness (QED) is 0.546. The van der Waals surface area contributed by atoms with Crippen LogP contribution in [0.25, 0.3) is 0 Å². The van der Waals surface area contributed by atoms with Crippen molar-refractivity contribution in [3.8, 4) is 11.5 Å². The Kier molecular flexibility index (Phi) is 7.83. The van der Waals surface area contributed by atoms with Crippen LogP contribution in [0.2, 0.25) is 0 Å². The van der Waals surface area contributed by atoms with Crippen LogP contribution in [0.3, 0.4) is 0 Å². The lowest BCUT2D eigenvalue weighted by atomic mass is 9.82. The molecule has 0 saturated heterocycles. The van der Waals surface area contributed by atoms with Gasteiger partial charge in [0.15, 0.2) is 11.5 Å². The smallest absolute Gasteiger partial charge is 0.164 e. The molecule has 3 rings (SSSR count). The molecule has 2 N–H and O–H groups in total. The lowest BCUT2D eigenvalue weighted by molar-refractivity contribution is 0.107. The van der Waals surface area contributed by atoms with Crippen LogP contribution < -0.4 is 14.8 Å². The van der Waals surface area contributed by atoms with E-state index in [1.807, 2.05) is 12.1 Å². The Morgan fingerprint density at radius 2 is 1.78 bits per heavy atom. The Bertz CT molecular complexity index is 585. The number of ether oxygens (including phenoxy) is 2. The van der Waals surface area contributed by atoms with Gasteiger partial charge in [0.1, 0.15) is 0 Å². The number of hydrogen-bond donors (Lipinski definition) is 2. The van der Waals surface area contributed by atoms with Crippen molar-refractivity contribution in [3.05, 3.63) is 23.3 Å². The third-order valence-electron chi connectivity index (χ3n) is 6.06. The Morgan fingerprint density at radius 1 is 1.04 bits per heavy atom. The van der Waals surface area contributed by atoms with Crippen molar-refractivity contribution >= 4 is 0 Å². The summed E-state index contributed by atoms with van der Waals surface area (Å²) in [5.41, 5.74) is 2.16. The molecule has 0 unspecified atom stereocenters. The fourth-order valence-corrected chi connectivity index (χ4v) is 3.98. The van der Waals surface area contributed by atoms with Gasteiger partial charge in [0.2, 0.25) is 0 Å². The second-order valence-corrected chi connectivity index (χ2v) is 8.16. The molecule has 4 nitrogen and oxygen atoms in total. The van der Waals surface area contributed by atoms with Crippen LogP contribution in [-0.4, -0.2) is 30.9 Å². The molecular weight excluding hydrogens is 338 g/mol. The molecule has 2 aliphatic rings. The van der Waals surface area contributed by atoms with E-state index < -0.39 is 6.10 Å². The molecule has 0 heterocycles. The molecule has 152 valence electrons. The number of benzene rings is 1. The van der Waals surface area contributed by atoms with Crippen LogP contribution in [-0.2, 0) is 6.42 Å². The molecule has 1 fully saturated rings. The Morgan fingerprint density at radius 3 is 2.44 bits per heavy atom. The van der Waals surface area contributed by atoms with Crippen LogP contribution >= 0.6 is 0 Å². The van der Waals surface area contributed by atoms with Crippen LogP contribution in [0.5, 0.6) is 11.5 Å². The van der Waals surface area contributed by atoms with E-state index in [9.17, 15) is 5.11 Å². The normalized spacial score (nSPS) is 22.2. The lowest BCUT2D eigenvalue weighted by Gasteiger charge is -2.35. The molecule has 0 radical (unpaired) electrons. The van der Waals surface area contributed by atoms with E-state index in [-0.39, 0.29) is 6.04 Å². The third-order valence-corrected chi connectivity index (χ3v) is 6.06. The zero-order valence-corrected chi connectivity index (χ0v) is 17.1. The third kappa shape index (κ3) is 5.17. The van der Waals surface area contributed by atoms with E-state index in [4.69, 9.17) is 9.47 Å². The minimum atomic E-state index is -0.466. The zero-order chi connectivity index (χ0) is 19.1. The van der Waals surface area contributed by atoms with Crippen molar-refractivity contribution in [2.45, 2.75) is 83.8 Å². The van der Waals surface area contributed by atoms with E-state index >= 15 is 0 Å². The van der Waals surface area contributed by atoms with E-state index in [2.05, 4.69) is 19.2 Å². The standard InChI is InChI=1S/C23H37NO3/c1-3-5-14-26-21-13-11-18-19(23(21)27-15-6-4-2)10-12-20(22(18)25)24-16-17-8-7-9-17/h11,13,17,20,22,24-25H,3-10,12,14-16H2,1-2H3/t20-,22-/m1/s1. The zero-order valence-electron chi connectivity index (χ0n) is 17.1. The topological polar surface area (TPSA) is 50.7 Å². The van der Waals surface area contributed by atoms with Gasteiger partial charge < -0.3 is 19.9 Å². The number of rotatable bonds is 11. The molecule has 0 aliphatic heterocycles. The van der Waals surface area contributed by atoms with Crippen molar-refractivity contribution in [1.82, 2.24) is 5.32 Å². The van der Waals surface area contributed by atoms with E-state index in [1.54, 1.807) is 0 Å². The molecule has 2 atom stereocenters. The van der Waals surface area contributed by atoms with Crippen LogP contribution in [0, 0.1) is 5.92 Å². The maximum atomic E-state index is 11.0. The SMILES string of the molecule is CCCCOc1ccc2c(c1OCCCC)CC[C@@H](NCC1CCC1)[C@@H]2O. The molecular formula is C23H37NO3. The van der Waals surface area contributed by atoms with Crippen LogP contribution in [0.4, 0.5) is 0 Å². The average molecular weight is 376 g/mol. The number of nitrogens with one attached hydrogen (secondary N) is 1. The molecule has 27 heavy (non-hydrogen) atoms. The maximum Gasteiger partial charge on any atom is 0.164 e. The average Bonchev–Trinajstić information content (AvgIpc) is 2.63. The summed E-state index contributed by atoms with van der Waals surface area (Å²) in [6, 6.07) is 4.19. The van der Waals surface area contributed by atoms with Crippen molar-refractivity contribution in [2.24, 2.45) is 5.92 Å². The van der Waals surface area contributed by atoms with Gasteiger partial charge in [0.25, 0.3) is 0 Å². The number of aliphatic hydroxyl groups excluding tert-OH is 1. The predicted molar refractivity (Wildman–Crippen MR) is 110 cm³/mol. The monoisotopic (exact) mass is 375 g/mol. The molecule has 1 aromatic carbocycles. The van der Waals surface area contributed by atoms with Gasteiger partial charge in [0.05, 0.1) is 19.3 Å². The second kappa shape index (κ2) is 10.3. The van der Waals surface area contributed by atoms with Gasteiger partial charge >= 0.3 is 0 Å². The molecule has 0 spiro atoms. The summed E-state index contributed by atoms with van der Waals surface area (Å²) in [7, 11) is 0. The highest BCUT2D eigenvalue weighted by atomic mass is 16.5. The molecule has 2 aliphatic carbocycles. The Hall–Kier alpha value is -1.26. The first-order chi connectivity index (χ1) is 13.2. The summed E-state index contributed by atoms with van der Waals surface area (Å²) in [4.78, 5) is 0. The summed E-state index contributed by atoms with van der Waals surface area (Å²) in [5.74, 6) is 2.51. The number of fused-ring (bicyclic) bond motifs is 1. The first-order valence-electron chi connectivity index (χ1n) is 11.1. The predicted octanol–water partition coefficient (Wildman–Crippen LogP) is 4.78. The van der Waals surface area contributed by atoms with Crippen molar-refractivity contribution in [2.75, 3.05) is 19.8 Å². The maximum absolute atomic E-state index is 11.0. The molecule has 1 aromatic rings. The molecule has 4 heteroatoms. The van der Waals surface area contributed by atoms with Gasteiger partial charge in [-0.3, -0.25) is 0 Å². The Balaban J connectivity index is 1.72. The fourth-order valence-electron chi connectivity index (χ4n) is 3.98. The lowest BCUT2D eigenvalue weighted by Crippen LogP contribution is -2.41. The van der Waals surface area contributed by atoms with E-state index in [0.29, 0.717) is 13.2 Å². The minimum Gasteiger partial charge on any atom is -0.490 e. The van der Waals surface area contributed by atoms with Crippen LogP contribution in [0.1, 0.15) is 82.4 Å². The van der Waals surface area contributed by atoms with Gasteiger partial charge in [-0.1, -0.05) is 39.2 Å². The van der Waals surface area contributed by atoms with Gasteiger partial charge in [-0.2, -0.15) is 0 Å². The minimum absolute atomic E-state index is 0.147. The summed E-state index contributed by atoms with van der Waals surface area (Å²) in [6.07, 6.45) is 9.74. The fraction of sp³-hybridized carbons (Fsp3) is 0.739. The Labute approximate surface area is 164 Å². The van der Waals surface area contributed by atoms with Gasteiger partial charge in [0, 0.05) is 11.6 Å². The summed E-state index contributed by atoms with van der Waals surface area (Å²) >= 11 is 0. The summed E-state index contributed by atoms with van der Waals surface area (Å²) < 4.78 is 12.2. The second-order valence-electron chi connectivity index (χ2n) is 8.16. The van der Waals surface area contributed by atoms with Gasteiger partial charge in [-0.25, -0.2) is 0 Å². The summed E-state index contributed by atoms with van der Waals surface area (Å²) in [5, 5.41) is 14.6. The summed E-state index contributed by atoms with van der Waals surface area (Å²) in [6.45, 7) is 6.80. The van der Waals surface area contributed by atoms with Crippen LogP contribution in [0.15, 0.2) is 12.1 Å². The molecule has 0 aromatic heterocycles. The van der Waals surface area contributed by atoms with E-state index in [0.717, 1.165) is 73.6 Å². The number of aliphatic hydroxyl groups is 1. The highest BCUT2D eigenvalue weighted by Gasteiger charge is 2.32. The van der Waals surface area contributed by atoms with Crippen molar-refractivity contribution < 1.29 is 14.6 Å². The first-order valence-corrected chi connectivity index (χ1v) is 11.1. The van der Waals surface area contributed by atoms with Gasteiger partial charge in [-0.15, -0.1) is 0 Å². The highest BCUT2D eigenvalue weighted by Crippen LogP contribution is 2.41. The van der Waals surface area contributed by atoms with Crippen molar-refractivity contribution in [3.63, 3.8) is 0 Å². The van der Waals surface area contributed by atoms with Crippen molar-refractivity contribution in [1.29, 1.82) is 0 Å². The first kappa shape index (κ1) is 20.5. The number of unbranched alkanes of at least 4 members (excludes halogenated alkanes) is 2. The van der Waals surface area contributed by atoms with Gasteiger partial charge in [-0.05, 0) is 62.6 Å². The molecule has 0 amide bonds. The largest absolute Gasteiger partial charge is 0.490 e. The molecule has 0 bridgehead atoms.